The summed E-state index contributed by atoms with van der Waals surface area (Å²) >= 11 is 3.43. The molecular weight excluding hydrogens is 306 g/mol. The maximum absolute atomic E-state index is 5.85. The average Bonchev–Trinajstić information content (AvgIpc) is 2.78. The van der Waals surface area contributed by atoms with Crippen molar-refractivity contribution in [2.45, 2.75) is 26.5 Å². The predicted octanol–water partition coefficient (Wildman–Crippen LogP) is 2.78. The Hall–Kier alpha value is -1.33. The Morgan fingerprint density at radius 3 is 2.79 bits per heavy atom. The fraction of sp³-hybridized carbons (Fsp3) is 0.357. The molecule has 2 rings (SSSR count). The van der Waals surface area contributed by atoms with Crippen molar-refractivity contribution in [3.8, 4) is 5.75 Å². The van der Waals surface area contributed by atoms with Crippen LogP contribution in [0.25, 0.3) is 0 Å². The zero-order chi connectivity index (χ0) is 13.8. The molecule has 0 saturated heterocycles. The van der Waals surface area contributed by atoms with Gasteiger partial charge in [0.2, 0.25) is 0 Å². The van der Waals surface area contributed by atoms with E-state index < -0.39 is 0 Å². The van der Waals surface area contributed by atoms with Crippen molar-refractivity contribution in [1.29, 1.82) is 0 Å². The molecule has 1 aromatic carbocycles. The molecule has 2 N–H and O–H groups in total. The molecule has 1 aromatic heterocycles. The van der Waals surface area contributed by atoms with E-state index in [9.17, 15) is 0 Å². The summed E-state index contributed by atoms with van der Waals surface area (Å²) < 4.78 is 8.72. The molecule has 0 fully saturated rings. The van der Waals surface area contributed by atoms with E-state index in [0.717, 1.165) is 33.6 Å². The monoisotopic (exact) mass is 323 g/mol. The second-order valence-corrected chi connectivity index (χ2v) is 5.26. The summed E-state index contributed by atoms with van der Waals surface area (Å²) in [4.78, 5) is 0. The summed E-state index contributed by atoms with van der Waals surface area (Å²) in [5.41, 5.74) is 8.86. The molecule has 0 aliphatic rings. The molecule has 0 unspecified atom stereocenters. The van der Waals surface area contributed by atoms with Gasteiger partial charge in [-0.25, -0.2) is 0 Å². The number of rotatable bonds is 5. The number of hydrogen-bond acceptors (Lipinski definition) is 3. The number of hydrogen-bond donors (Lipinski definition) is 1. The van der Waals surface area contributed by atoms with Crippen LogP contribution in [0.4, 0.5) is 0 Å². The van der Waals surface area contributed by atoms with Crippen molar-refractivity contribution in [2.75, 3.05) is 0 Å². The summed E-state index contributed by atoms with van der Waals surface area (Å²) in [7, 11) is 1.93. The van der Waals surface area contributed by atoms with E-state index in [0.29, 0.717) is 13.2 Å². The summed E-state index contributed by atoms with van der Waals surface area (Å²) in [6, 6.07) is 7.94. The molecule has 5 heteroatoms. The fourth-order valence-electron chi connectivity index (χ4n) is 1.88. The van der Waals surface area contributed by atoms with Crippen LogP contribution in [0.3, 0.4) is 0 Å². The number of benzene rings is 1. The Bertz CT molecular complexity index is 566. The van der Waals surface area contributed by atoms with Crippen molar-refractivity contribution in [1.82, 2.24) is 9.78 Å². The largest absolute Gasteiger partial charge is 0.487 e. The SMILES string of the molecule is CCc1cc(COc2ccc(Br)cc2CN)n(C)n1. The van der Waals surface area contributed by atoms with Gasteiger partial charge in [0.25, 0.3) is 0 Å². The molecule has 1 heterocycles. The number of aromatic nitrogens is 2. The van der Waals surface area contributed by atoms with Crippen LogP contribution >= 0.6 is 15.9 Å². The Morgan fingerprint density at radius 2 is 2.16 bits per heavy atom. The van der Waals surface area contributed by atoms with Gasteiger partial charge >= 0.3 is 0 Å². The lowest BCUT2D eigenvalue weighted by atomic mass is 10.2. The predicted molar refractivity (Wildman–Crippen MR) is 79.0 cm³/mol. The molecule has 0 atom stereocenters. The number of ether oxygens (including phenoxy) is 1. The van der Waals surface area contributed by atoms with Gasteiger partial charge in [0.1, 0.15) is 12.4 Å². The van der Waals surface area contributed by atoms with Crippen LogP contribution < -0.4 is 10.5 Å². The maximum atomic E-state index is 5.85. The Labute approximate surface area is 121 Å². The van der Waals surface area contributed by atoms with Crippen molar-refractivity contribution < 1.29 is 4.74 Å². The molecule has 0 bridgehead atoms. The lowest BCUT2D eigenvalue weighted by Gasteiger charge is -2.10. The van der Waals surface area contributed by atoms with Crippen LogP contribution in [0.15, 0.2) is 28.7 Å². The molecule has 0 spiro atoms. The zero-order valence-corrected chi connectivity index (χ0v) is 12.8. The highest BCUT2D eigenvalue weighted by atomic mass is 79.9. The van der Waals surface area contributed by atoms with Gasteiger partial charge in [0.05, 0.1) is 11.4 Å². The average molecular weight is 324 g/mol. The summed E-state index contributed by atoms with van der Waals surface area (Å²) in [6.45, 7) is 3.05. The molecule has 0 aliphatic carbocycles. The molecule has 0 radical (unpaired) electrons. The Kier molecular flexibility index (Phi) is 4.61. The Morgan fingerprint density at radius 1 is 1.37 bits per heavy atom. The minimum Gasteiger partial charge on any atom is -0.487 e. The van der Waals surface area contributed by atoms with Gasteiger partial charge < -0.3 is 10.5 Å². The van der Waals surface area contributed by atoms with Crippen molar-refractivity contribution >= 4 is 15.9 Å². The highest BCUT2D eigenvalue weighted by Gasteiger charge is 2.07. The smallest absolute Gasteiger partial charge is 0.130 e. The Balaban J connectivity index is 2.11. The lowest BCUT2D eigenvalue weighted by Crippen LogP contribution is -2.06. The van der Waals surface area contributed by atoms with E-state index in [2.05, 4.69) is 34.0 Å². The first-order valence-electron chi connectivity index (χ1n) is 6.27. The minimum absolute atomic E-state index is 0.459. The first kappa shape index (κ1) is 14.1. The van der Waals surface area contributed by atoms with Gasteiger partial charge in [-0.1, -0.05) is 22.9 Å². The standard InChI is InChI=1S/C14H18BrN3O/c1-3-12-7-13(18(2)17-12)9-19-14-5-4-11(15)6-10(14)8-16/h4-7H,3,8-9,16H2,1-2H3. The van der Waals surface area contributed by atoms with Crippen LogP contribution in [-0.2, 0) is 26.6 Å². The van der Waals surface area contributed by atoms with E-state index in [4.69, 9.17) is 10.5 Å². The van der Waals surface area contributed by atoms with Gasteiger partial charge in [-0.3, -0.25) is 4.68 Å². The van der Waals surface area contributed by atoms with Gasteiger partial charge in [-0.05, 0) is 30.7 Å². The highest BCUT2D eigenvalue weighted by molar-refractivity contribution is 9.10. The van der Waals surface area contributed by atoms with Crippen molar-refractivity contribution in [2.24, 2.45) is 12.8 Å². The molecule has 4 nitrogen and oxygen atoms in total. The fourth-order valence-corrected chi connectivity index (χ4v) is 2.29. The highest BCUT2D eigenvalue weighted by Crippen LogP contribution is 2.23. The number of halogens is 1. The molecule has 102 valence electrons. The number of nitrogens with zero attached hydrogens (tertiary/aromatic N) is 2. The van der Waals surface area contributed by atoms with Crippen LogP contribution in [0, 0.1) is 0 Å². The summed E-state index contributed by atoms with van der Waals surface area (Å²) in [6.07, 6.45) is 0.931. The summed E-state index contributed by atoms with van der Waals surface area (Å²) in [5.74, 6) is 0.824. The second-order valence-electron chi connectivity index (χ2n) is 4.35. The molecule has 0 saturated carbocycles. The molecule has 0 aliphatic heterocycles. The third kappa shape index (κ3) is 3.36. The molecular formula is C14H18BrN3O. The lowest BCUT2D eigenvalue weighted by molar-refractivity contribution is 0.292. The second kappa shape index (κ2) is 6.21. The van der Waals surface area contributed by atoms with E-state index >= 15 is 0 Å². The van der Waals surface area contributed by atoms with Gasteiger partial charge in [0.15, 0.2) is 0 Å². The number of nitrogens with two attached hydrogens (primary N) is 1. The van der Waals surface area contributed by atoms with Crippen molar-refractivity contribution in [3.63, 3.8) is 0 Å². The molecule has 0 amide bonds. The van der Waals surface area contributed by atoms with E-state index in [-0.39, 0.29) is 0 Å². The van der Waals surface area contributed by atoms with Crippen LogP contribution in [0.5, 0.6) is 5.75 Å². The third-order valence-corrected chi connectivity index (χ3v) is 3.50. The van der Waals surface area contributed by atoms with Gasteiger partial charge in [-0.15, -0.1) is 0 Å². The van der Waals surface area contributed by atoms with E-state index in [1.54, 1.807) is 0 Å². The normalized spacial score (nSPS) is 10.7. The quantitative estimate of drug-likeness (QED) is 0.920. The molecule has 2 aromatic rings. The topological polar surface area (TPSA) is 53.1 Å². The van der Waals surface area contributed by atoms with Crippen LogP contribution in [0.1, 0.15) is 23.9 Å². The first-order chi connectivity index (χ1) is 9.13. The minimum atomic E-state index is 0.459. The van der Waals surface area contributed by atoms with E-state index in [1.807, 2.05) is 29.9 Å². The van der Waals surface area contributed by atoms with E-state index in [1.165, 1.54) is 0 Å². The van der Waals surface area contributed by atoms with Gasteiger partial charge in [-0.2, -0.15) is 5.10 Å². The third-order valence-electron chi connectivity index (χ3n) is 3.01. The van der Waals surface area contributed by atoms with Crippen LogP contribution in [-0.4, -0.2) is 9.78 Å². The van der Waals surface area contributed by atoms with Gasteiger partial charge in [0, 0.05) is 23.6 Å². The molecule has 19 heavy (non-hydrogen) atoms. The van der Waals surface area contributed by atoms with Crippen LogP contribution in [0.2, 0.25) is 0 Å². The van der Waals surface area contributed by atoms with Crippen molar-refractivity contribution in [3.05, 3.63) is 45.7 Å². The first-order valence-corrected chi connectivity index (χ1v) is 7.06. The summed E-state index contributed by atoms with van der Waals surface area (Å²) in [5, 5.41) is 4.40. The zero-order valence-electron chi connectivity index (χ0n) is 11.2. The number of aryl methyl sites for hydroxylation is 2. The maximum Gasteiger partial charge on any atom is 0.130 e.